The van der Waals surface area contributed by atoms with Crippen molar-refractivity contribution in [2.75, 3.05) is 26.2 Å². The number of hydrogen-bond donors (Lipinski definition) is 1. The number of nitrogens with one attached hydrogen (secondary N) is 1. The number of hydrogen-bond acceptors (Lipinski definition) is 3. The van der Waals surface area contributed by atoms with Crippen LogP contribution in [0.3, 0.4) is 0 Å². The molecule has 1 saturated heterocycles. The molecule has 0 saturated carbocycles. The van der Waals surface area contributed by atoms with Gasteiger partial charge in [-0.05, 0) is 24.5 Å². The highest BCUT2D eigenvalue weighted by molar-refractivity contribution is 7.12. The monoisotopic (exact) mass is 324 g/mol. The molecule has 0 spiro atoms. The van der Waals surface area contributed by atoms with Crippen LogP contribution in [0.1, 0.15) is 36.6 Å². The quantitative estimate of drug-likeness (QED) is 0.887. The first-order chi connectivity index (χ1) is 7.98. The zero-order chi connectivity index (χ0) is 12.5. The summed E-state index contributed by atoms with van der Waals surface area (Å²) in [7, 11) is 0. The molecule has 2 heterocycles. The molecule has 1 aromatic heterocycles. The third-order valence-electron chi connectivity index (χ3n) is 3.37. The molecular weight excluding hydrogens is 299 g/mol. The Balaban J connectivity index is 0.00000162. The molecule has 2 rings (SSSR count). The van der Waals surface area contributed by atoms with Gasteiger partial charge in [-0.15, -0.1) is 36.2 Å². The zero-order valence-electron chi connectivity index (χ0n) is 12.2. The van der Waals surface area contributed by atoms with Crippen LogP contribution in [0.2, 0.25) is 0 Å². The molecule has 0 aromatic carbocycles. The van der Waals surface area contributed by atoms with Gasteiger partial charge in [-0.2, -0.15) is 0 Å². The van der Waals surface area contributed by atoms with Crippen LogP contribution in [0.15, 0.2) is 12.1 Å². The molecule has 0 unspecified atom stereocenters. The predicted molar refractivity (Wildman–Crippen MR) is 90.2 cm³/mol. The molecule has 0 amide bonds. The Bertz CT molecular complexity index is 368. The lowest BCUT2D eigenvalue weighted by Gasteiger charge is -2.41. The van der Waals surface area contributed by atoms with Crippen molar-refractivity contribution in [3.63, 3.8) is 0 Å². The van der Waals surface area contributed by atoms with E-state index in [1.54, 1.807) is 0 Å². The normalized spacial score (nSPS) is 18.3. The standard InChI is InChI=1S/C14H24N2S.2ClH/c1-11-5-6-12(17-11)13(14(2,3)4)16-9-7-15-8-10-16;;/h5-6,13,15H,7-10H2,1-4H3;2*1H/t13-;;/m1../s1. The van der Waals surface area contributed by atoms with E-state index in [1.807, 2.05) is 11.3 Å². The fourth-order valence-corrected chi connectivity index (χ4v) is 3.95. The van der Waals surface area contributed by atoms with E-state index in [0.29, 0.717) is 11.5 Å². The van der Waals surface area contributed by atoms with Gasteiger partial charge in [0.05, 0.1) is 0 Å². The van der Waals surface area contributed by atoms with Crippen molar-refractivity contribution in [1.29, 1.82) is 0 Å². The number of aryl methyl sites for hydroxylation is 1. The molecule has 1 aromatic rings. The predicted octanol–water partition coefficient (Wildman–Crippen LogP) is 3.89. The average Bonchev–Trinajstić information content (AvgIpc) is 2.64. The molecule has 1 aliphatic heterocycles. The largest absolute Gasteiger partial charge is 0.314 e. The van der Waals surface area contributed by atoms with Crippen LogP contribution in [0.5, 0.6) is 0 Å². The van der Waals surface area contributed by atoms with E-state index in [2.05, 4.69) is 50.0 Å². The maximum Gasteiger partial charge on any atom is 0.0490 e. The van der Waals surface area contributed by atoms with Gasteiger partial charge in [-0.1, -0.05) is 20.8 Å². The molecule has 19 heavy (non-hydrogen) atoms. The van der Waals surface area contributed by atoms with E-state index < -0.39 is 0 Å². The maximum absolute atomic E-state index is 3.44. The third kappa shape index (κ3) is 4.91. The average molecular weight is 325 g/mol. The van der Waals surface area contributed by atoms with Crippen LogP contribution in [-0.4, -0.2) is 31.1 Å². The Morgan fingerprint density at radius 1 is 1.16 bits per heavy atom. The number of nitrogens with zero attached hydrogens (tertiary/aromatic N) is 1. The smallest absolute Gasteiger partial charge is 0.0490 e. The first-order valence-corrected chi connectivity index (χ1v) is 7.31. The van der Waals surface area contributed by atoms with Crippen LogP contribution >= 0.6 is 36.2 Å². The summed E-state index contributed by atoms with van der Waals surface area (Å²) in [5.41, 5.74) is 0.300. The molecule has 1 aliphatic rings. The van der Waals surface area contributed by atoms with Gasteiger partial charge in [-0.3, -0.25) is 4.90 Å². The highest BCUT2D eigenvalue weighted by Crippen LogP contribution is 2.40. The Morgan fingerprint density at radius 3 is 2.16 bits per heavy atom. The van der Waals surface area contributed by atoms with E-state index in [4.69, 9.17) is 0 Å². The molecular formula is C14H26Cl2N2S. The van der Waals surface area contributed by atoms with Crippen LogP contribution in [0.4, 0.5) is 0 Å². The lowest BCUT2D eigenvalue weighted by molar-refractivity contribution is 0.0888. The molecule has 0 bridgehead atoms. The molecule has 0 aliphatic carbocycles. The van der Waals surface area contributed by atoms with Crippen molar-refractivity contribution in [2.45, 2.75) is 33.7 Å². The number of halogens is 2. The minimum atomic E-state index is 0. The van der Waals surface area contributed by atoms with Crippen molar-refractivity contribution in [3.05, 3.63) is 21.9 Å². The lowest BCUT2D eigenvalue weighted by Crippen LogP contribution is -2.48. The Morgan fingerprint density at radius 2 is 1.74 bits per heavy atom. The SMILES string of the molecule is Cc1ccc([C@@H](N2CCNCC2)C(C)(C)C)s1.Cl.Cl. The third-order valence-corrected chi connectivity index (χ3v) is 4.42. The molecule has 1 atom stereocenters. The Labute approximate surface area is 133 Å². The van der Waals surface area contributed by atoms with Crippen molar-refractivity contribution in [3.8, 4) is 0 Å². The first kappa shape index (κ1) is 19.2. The number of piperazine rings is 1. The summed E-state index contributed by atoms with van der Waals surface area (Å²) in [6, 6.07) is 5.13. The molecule has 112 valence electrons. The molecule has 1 fully saturated rings. The zero-order valence-corrected chi connectivity index (χ0v) is 14.7. The topological polar surface area (TPSA) is 15.3 Å². The van der Waals surface area contributed by atoms with E-state index in [9.17, 15) is 0 Å². The summed E-state index contributed by atoms with van der Waals surface area (Å²) in [5.74, 6) is 0. The van der Waals surface area contributed by atoms with Gasteiger partial charge in [0.15, 0.2) is 0 Å². The van der Waals surface area contributed by atoms with Crippen molar-refractivity contribution in [1.82, 2.24) is 10.2 Å². The van der Waals surface area contributed by atoms with Crippen LogP contribution < -0.4 is 5.32 Å². The van der Waals surface area contributed by atoms with Crippen molar-refractivity contribution in [2.24, 2.45) is 5.41 Å². The van der Waals surface area contributed by atoms with Crippen LogP contribution in [0.25, 0.3) is 0 Å². The first-order valence-electron chi connectivity index (χ1n) is 6.49. The fraction of sp³-hybridized carbons (Fsp3) is 0.714. The number of thiophene rings is 1. The minimum Gasteiger partial charge on any atom is -0.314 e. The minimum absolute atomic E-state index is 0. The second-order valence-corrected chi connectivity index (χ2v) is 7.32. The lowest BCUT2D eigenvalue weighted by atomic mass is 9.84. The fourth-order valence-electron chi connectivity index (χ4n) is 2.70. The molecule has 0 radical (unpaired) electrons. The summed E-state index contributed by atoms with van der Waals surface area (Å²) < 4.78 is 0. The van der Waals surface area contributed by atoms with Gasteiger partial charge >= 0.3 is 0 Å². The number of rotatable bonds is 2. The second kappa shape index (κ2) is 7.84. The van der Waals surface area contributed by atoms with Gasteiger partial charge in [0.25, 0.3) is 0 Å². The van der Waals surface area contributed by atoms with Gasteiger partial charge < -0.3 is 5.32 Å². The van der Waals surface area contributed by atoms with Crippen LogP contribution in [-0.2, 0) is 0 Å². The highest BCUT2D eigenvalue weighted by Gasteiger charge is 2.33. The molecule has 5 heteroatoms. The van der Waals surface area contributed by atoms with Gasteiger partial charge in [0, 0.05) is 42.0 Å². The highest BCUT2D eigenvalue weighted by atomic mass is 35.5. The summed E-state index contributed by atoms with van der Waals surface area (Å²) in [6.45, 7) is 13.8. The van der Waals surface area contributed by atoms with Crippen LogP contribution in [0, 0.1) is 12.3 Å². The van der Waals surface area contributed by atoms with E-state index in [0.717, 1.165) is 13.1 Å². The second-order valence-electron chi connectivity index (χ2n) is 6.00. The molecule has 1 N–H and O–H groups in total. The summed E-state index contributed by atoms with van der Waals surface area (Å²) >= 11 is 1.95. The summed E-state index contributed by atoms with van der Waals surface area (Å²) in [6.07, 6.45) is 0. The van der Waals surface area contributed by atoms with Gasteiger partial charge in [0.2, 0.25) is 0 Å². The maximum atomic E-state index is 3.44. The van der Waals surface area contributed by atoms with E-state index >= 15 is 0 Å². The van der Waals surface area contributed by atoms with Gasteiger partial charge in [-0.25, -0.2) is 0 Å². The van der Waals surface area contributed by atoms with E-state index in [1.165, 1.54) is 22.8 Å². The summed E-state index contributed by atoms with van der Waals surface area (Å²) in [5, 5.41) is 3.44. The Kier molecular flexibility index (Phi) is 7.93. The van der Waals surface area contributed by atoms with Gasteiger partial charge in [0.1, 0.15) is 0 Å². The van der Waals surface area contributed by atoms with E-state index in [-0.39, 0.29) is 24.8 Å². The Hall–Kier alpha value is 0.200. The molecule has 2 nitrogen and oxygen atoms in total. The van der Waals surface area contributed by atoms with Crippen molar-refractivity contribution >= 4 is 36.2 Å². The summed E-state index contributed by atoms with van der Waals surface area (Å²) in [4.78, 5) is 5.59. The van der Waals surface area contributed by atoms with Crippen molar-refractivity contribution < 1.29 is 0 Å².